The van der Waals surface area contributed by atoms with E-state index in [2.05, 4.69) is 19.2 Å². The van der Waals surface area contributed by atoms with Gasteiger partial charge in [0.25, 0.3) is 5.91 Å². The van der Waals surface area contributed by atoms with Gasteiger partial charge in [0.2, 0.25) is 0 Å². The molecule has 150 valence electrons. The number of nitrogens with one attached hydrogen (secondary N) is 1. The number of aromatic nitrogens is 2. The molecule has 7 nitrogen and oxygen atoms in total. The van der Waals surface area contributed by atoms with Gasteiger partial charge in [-0.2, -0.15) is 5.10 Å². The Bertz CT molecular complexity index is 669. The molecule has 3 heterocycles. The smallest absolute Gasteiger partial charge is 0.317 e. The number of nitrogens with zero attached hydrogens (tertiary/aromatic N) is 4. The lowest BCUT2D eigenvalue weighted by Crippen LogP contribution is -2.45. The molecule has 7 heteroatoms. The third-order valence-corrected chi connectivity index (χ3v) is 5.61. The third-order valence-electron chi connectivity index (χ3n) is 5.61. The fourth-order valence-corrected chi connectivity index (χ4v) is 3.94. The number of piperidine rings is 1. The predicted octanol–water partition coefficient (Wildman–Crippen LogP) is 2.68. The van der Waals surface area contributed by atoms with Crippen molar-refractivity contribution < 1.29 is 9.59 Å². The van der Waals surface area contributed by atoms with Gasteiger partial charge < -0.3 is 15.1 Å². The number of likely N-dealkylation sites (tertiary alicyclic amines) is 1. The molecule has 3 amide bonds. The number of carbonyl (C=O) groups is 2. The fourth-order valence-electron chi connectivity index (χ4n) is 3.94. The van der Waals surface area contributed by atoms with Crippen LogP contribution < -0.4 is 5.32 Å². The van der Waals surface area contributed by atoms with E-state index in [1.54, 1.807) is 0 Å². The minimum absolute atomic E-state index is 0.0226. The van der Waals surface area contributed by atoms with Crippen LogP contribution in [0.1, 0.15) is 68.6 Å². The van der Waals surface area contributed by atoms with Gasteiger partial charge in [0.15, 0.2) is 0 Å². The second-order valence-corrected chi connectivity index (χ2v) is 8.12. The van der Waals surface area contributed by atoms with Gasteiger partial charge in [-0.1, -0.05) is 13.8 Å². The van der Waals surface area contributed by atoms with Crippen molar-refractivity contribution in [2.75, 3.05) is 32.7 Å². The molecule has 27 heavy (non-hydrogen) atoms. The largest absolute Gasteiger partial charge is 0.338 e. The molecule has 1 saturated heterocycles. The molecule has 1 unspecified atom stereocenters. The lowest BCUT2D eigenvalue weighted by Gasteiger charge is -2.32. The van der Waals surface area contributed by atoms with Crippen molar-refractivity contribution in [2.24, 2.45) is 5.92 Å². The van der Waals surface area contributed by atoms with Crippen molar-refractivity contribution in [1.82, 2.24) is 24.9 Å². The highest BCUT2D eigenvalue weighted by atomic mass is 16.2. The zero-order valence-electron chi connectivity index (χ0n) is 16.9. The summed E-state index contributed by atoms with van der Waals surface area (Å²) in [7, 11) is 0. The minimum Gasteiger partial charge on any atom is -0.338 e. The van der Waals surface area contributed by atoms with Gasteiger partial charge in [-0.15, -0.1) is 0 Å². The molecular weight excluding hydrogens is 342 g/mol. The summed E-state index contributed by atoms with van der Waals surface area (Å²) in [4.78, 5) is 28.9. The third kappa shape index (κ3) is 4.62. The summed E-state index contributed by atoms with van der Waals surface area (Å²) in [6, 6.07) is 1.98. The summed E-state index contributed by atoms with van der Waals surface area (Å²) in [6.45, 7) is 10.8. The molecule has 0 spiro atoms. The van der Waals surface area contributed by atoms with Crippen LogP contribution in [-0.4, -0.2) is 64.2 Å². The van der Waals surface area contributed by atoms with E-state index in [0.29, 0.717) is 18.2 Å². The monoisotopic (exact) mass is 375 g/mol. The average molecular weight is 376 g/mol. The highest BCUT2D eigenvalue weighted by molar-refractivity contribution is 5.93. The molecule has 1 N–H and O–H groups in total. The van der Waals surface area contributed by atoms with Crippen molar-refractivity contribution in [2.45, 2.75) is 58.9 Å². The van der Waals surface area contributed by atoms with Gasteiger partial charge in [-0.05, 0) is 44.6 Å². The van der Waals surface area contributed by atoms with Crippen LogP contribution in [0.4, 0.5) is 4.79 Å². The van der Waals surface area contributed by atoms with Gasteiger partial charge in [0, 0.05) is 45.2 Å². The lowest BCUT2D eigenvalue weighted by atomic mass is 9.95. The lowest BCUT2D eigenvalue weighted by molar-refractivity contribution is 0.0766. The summed E-state index contributed by atoms with van der Waals surface area (Å²) in [6.07, 6.45) is 3.91. The molecule has 0 bridgehead atoms. The molecule has 1 aromatic heterocycles. The molecule has 3 rings (SSSR count). The van der Waals surface area contributed by atoms with Crippen molar-refractivity contribution in [1.29, 1.82) is 0 Å². The quantitative estimate of drug-likeness (QED) is 0.860. The first kappa shape index (κ1) is 19.7. The first-order valence-electron chi connectivity index (χ1n) is 10.4. The topological polar surface area (TPSA) is 70.5 Å². The Labute approximate surface area is 162 Å². The molecule has 0 saturated carbocycles. The van der Waals surface area contributed by atoms with Gasteiger partial charge in [-0.25, -0.2) is 4.79 Å². The van der Waals surface area contributed by atoms with E-state index in [1.807, 2.05) is 27.5 Å². The Morgan fingerprint density at radius 1 is 1.30 bits per heavy atom. The number of rotatable bonds is 5. The second-order valence-electron chi connectivity index (χ2n) is 8.12. The Morgan fingerprint density at radius 2 is 2.11 bits per heavy atom. The maximum absolute atomic E-state index is 12.7. The van der Waals surface area contributed by atoms with E-state index in [9.17, 15) is 9.59 Å². The van der Waals surface area contributed by atoms with Gasteiger partial charge >= 0.3 is 6.03 Å². The van der Waals surface area contributed by atoms with E-state index >= 15 is 0 Å². The molecule has 2 aliphatic rings. The number of urea groups is 1. The maximum atomic E-state index is 12.7. The first-order valence-corrected chi connectivity index (χ1v) is 10.4. The summed E-state index contributed by atoms with van der Waals surface area (Å²) in [5, 5.41) is 7.78. The normalized spacial score (nSPS) is 20.6. The van der Waals surface area contributed by atoms with E-state index < -0.39 is 0 Å². The number of hydrogen-bond donors (Lipinski definition) is 1. The molecule has 0 aliphatic carbocycles. The van der Waals surface area contributed by atoms with Gasteiger partial charge in [0.1, 0.15) is 5.69 Å². The Hall–Kier alpha value is -2.05. The molecule has 0 radical (unpaired) electrons. The van der Waals surface area contributed by atoms with Crippen LogP contribution >= 0.6 is 0 Å². The maximum Gasteiger partial charge on any atom is 0.317 e. The fraction of sp³-hybridized carbons (Fsp3) is 0.750. The van der Waals surface area contributed by atoms with Crippen LogP contribution in [0, 0.1) is 5.92 Å². The summed E-state index contributed by atoms with van der Waals surface area (Å²) < 4.78 is 1.87. The molecule has 2 aliphatic heterocycles. The van der Waals surface area contributed by atoms with Gasteiger partial charge in [0.05, 0.1) is 5.69 Å². The number of hydrogen-bond acceptors (Lipinski definition) is 3. The van der Waals surface area contributed by atoms with E-state index in [4.69, 9.17) is 5.10 Å². The Kier molecular flexibility index (Phi) is 6.39. The standard InChI is InChI=1S/C20H33N5O2/c1-4-23-11-6-12-25-18(19(23)26)13-17(22-25)16-7-5-10-24(14-16)20(27)21-9-8-15(2)3/h13,15-16H,4-12,14H2,1-3H3,(H,21,27). The molecule has 1 fully saturated rings. The van der Waals surface area contributed by atoms with Gasteiger partial charge in [-0.3, -0.25) is 9.48 Å². The average Bonchev–Trinajstić information content (AvgIpc) is 3.02. The van der Waals surface area contributed by atoms with Crippen LogP contribution in [0.3, 0.4) is 0 Å². The SMILES string of the molecule is CCN1CCCn2nc(C3CCCN(C(=O)NCCC(C)C)C3)cc2C1=O. The number of carbonyl (C=O) groups excluding carboxylic acids is 2. The summed E-state index contributed by atoms with van der Waals surface area (Å²) >= 11 is 0. The van der Waals surface area contributed by atoms with Crippen LogP contribution in [-0.2, 0) is 6.54 Å². The van der Waals surface area contributed by atoms with Crippen molar-refractivity contribution in [3.8, 4) is 0 Å². The predicted molar refractivity (Wildman–Crippen MR) is 105 cm³/mol. The van der Waals surface area contributed by atoms with Crippen molar-refractivity contribution in [3.05, 3.63) is 17.5 Å². The molecule has 0 aromatic carbocycles. The summed E-state index contributed by atoms with van der Waals surface area (Å²) in [5.41, 5.74) is 1.65. The minimum atomic E-state index is 0.0226. The van der Waals surface area contributed by atoms with Crippen molar-refractivity contribution in [3.63, 3.8) is 0 Å². The van der Waals surface area contributed by atoms with E-state index in [-0.39, 0.29) is 17.9 Å². The Balaban J connectivity index is 1.66. The zero-order valence-corrected chi connectivity index (χ0v) is 16.9. The first-order chi connectivity index (χ1) is 13.0. The van der Waals surface area contributed by atoms with Crippen molar-refractivity contribution >= 4 is 11.9 Å². The van der Waals surface area contributed by atoms with E-state index in [1.165, 1.54) is 0 Å². The summed E-state index contributed by atoms with van der Waals surface area (Å²) in [5.74, 6) is 0.866. The van der Waals surface area contributed by atoms with Crippen LogP contribution in [0.15, 0.2) is 6.07 Å². The molecular formula is C20H33N5O2. The zero-order chi connectivity index (χ0) is 19.4. The van der Waals surface area contributed by atoms with Crippen LogP contribution in [0.5, 0.6) is 0 Å². The van der Waals surface area contributed by atoms with Crippen LogP contribution in [0.2, 0.25) is 0 Å². The second kappa shape index (κ2) is 8.76. The number of aryl methyl sites for hydroxylation is 1. The van der Waals surface area contributed by atoms with E-state index in [0.717, 1.165) is 64.1 Å². The highest BCUT2D eigenvalue weighted by Crippen LogP contribution is 2.27. The Morgan fingerprint density at radius 3 is 2.85 bits per heavy atom. The van der Waals surface area contributed by atoms with Crippen LogP contribution in [0.25, 0.3) is 0 Å². The molecule has 1 aromatic rings. The number of amides is 3. The highest BCUT2D eigenvalue weighted by Gasteiger charge is 2.29. The molecule has 1 atom stereocenters. The number of fused-ring (bicyclic) bond motifs is 1.